The Hall–Kier alpha value is -3.07. The van der Waals surface area contributed by atoms with Crippen molar-refractivity contribution in [2.75, 3.05) is 36.2 Å². The molecule has 0 spiro atoms. The van der Waals surface area contributed by atoms with Gasteiger partial charge in [-0.05, 0) is 29.8 Å². The molecule has 1 aliphatic heterocycles. The third-order valence-electron chi connectivity index (χ3n) is 4.69. The number of para-hydroxylation sites is 2. The fraction of sp³-hybridized carbons (Fsp3) is 0.300. The summed E-state index contributed by atoms with van der Waals surface area (Å²) in [7, 11) is -0.622. The fourth-order valence-corrected chi connectivity index (χ4v) is 3.51. The zero-order chi connectivity index (χ0) is 21.2. The first-order valence-electron chi connectivity index (χ1n) is 8.87. The molecule has 0 radical (unpaired) electrons. The molecule has 0 aromatic heterocycles. The van der Waals surface area contributed by atoms with Gasteiger partial charge in [0.15, 0.2) is 0 Å². The van der Waals surface area contributed by atoms with Crippen molar-refractivity contribution in [3.05, 3.63) is 54.1 Å². The van der Waals surface area contributed by atoms with Crippen LogP contribution in [-0.2, 0) is 30.8 Å². The van der Waals surface area contributed by atoms with E-state index in [0.717, 1.165) is 16.1 Å². The van der Waals surface area contributed by atoms with Crippen molar-refractivity contribution >= 4 is 33.3 Å². The van der Waals surface area contributed by atoms with Crippen molar-refractivity contribution in [2.24, 2.45) is 0 Å². The van der Waals surface area contributed by atoms with Gasteiger partial charge in [0.05, 0.1) is 37.7 Å². The van der Waals surface area contributed by atoms with E-state index in [2.05, 4.69) is 0 Å². The van der Waals surface area contributed by atoms with E-state index in [1.165, 1.54) is 19.1 Å². The second-order valence-corrected chi connectivity index (χ2v) is 8.69. The van der Waals surface area contributed by atoms with Gasteiger partial charge < -0.3 is 14.4 Å². The first kappa shape index (κ1) is 20.7. The van der Waals surface area contributed by atoms with Crippen molar-refractivity contribution in [3.63, 3.8) is 0 Å². The molecule has 2 aromatic rings. The summed E-state index contributed by atoms with van der Waals surface area (Å²) in [6.07, 6.45) is 0.313. The van der Waals surface area contributed by atoms with Crippen LogP contribution in [0.3, 0.4) is 0 Å². The number of anilines is 2. The first-order valence-corrected chi connectivity index (χ1v) is 10.7. The number of nitrogens with zero attached hydrogens (tertiary/aromatic N) is 2. The summed E-state index contributed by atoms with van der Waals surface area (Å²) in [6, 6.07) is 13.7. The van der Waals surface area contributed by atoms with E-state index in [-0.39, 0.29) is 18.9 Å². The quantitative estimate of drug-likeness (QED) is 0.685. The highest BCUT2D eigenvalue weighted by Gasteiger charge is 2.34. The van der Waals surface area contributed by atoms with E-state index in [4.69, 9.17) is 9.47 Å². The van der Waals surface area contributed by atoms with Gasteiger partial charge in [-0.1, -0.05) is 24.3 Å². The molecule has 1 amide bonds. The van der Waals surface area contributed by atoms with Crippen LogP contribution in [0.1, 0.15) is 5.56 Å². The highest BCUT2D eigenvalue weighted by Crippen LogP contribution is 2.33. The Labute approximate surface area is 169 Å². The zero-order valence-corrected chi connectivity index (χ0v) is 17.2. The predicted molar refractivity (Wildman–Crippen MR) is 109 cm³/mol. The van der Waals surface area contributed by atoms with Gasteiger partial charge in [-0.2, -0.15) is 0 Å². The van der Waals surface area contributed by atoms with Gasteiger partial charge >= 0.3 is 5.97 Å². The van der Waals surface area contributed by atoms with Crippen molar-refractivity contribution in [2.45, 2.75) is 12.5 Å². The second-order valence-electron chi connectivity index (χ2n) is 6.68. The van der Waals surface area contributed by atoms with Gasteiger partial charge in [0.2, 0.25) is 22.0 Å². The van der Waals surface area contributed by atoms with Crippen molar-refractivity contribution in [1.82, 2.24) is 0 Å². The lowest BCUT2D eigenvalue weighted by atomic mass is 10.1. The average Bonchev–Trinajstić information content (AvgIpc) is 2.71. The zero-order valence-electron chi connectivity index (χ0n) is 16.4. The molecule has 1 atom stereocenters. The van der Waals surface area contributed by atoms with E-state index in [1.54, 1.807) is 48.5 Å². The molecule has 0 saturated heterocycles. The molecule has 0 saturated carbocycles. The third kappa shape index (κ3) is 4.51. The van der Waals surface area contributed by atoms with Crippen LogP contribution in [0.4, 0.5) is 11.4 Å². The molecule has 2 aromatic carbocycles. The highest BCUT2D eigenvalue weighted by atomic mass is 32.2. The Balaban J connectivity index is 1.80. The van der Waals surface area contributed by atoms with Crippen LogP contribution >= 0.6 is 0 Å². The molecule has 29 heavy (non-hydrogen) atoms. The summed E-state index contributed by atoms with van der Waals surface area (Å²) >= 11 is 0. The molecule has 3 rings (SSSR count). The number of methoxy groups -OCH3 is 1. The highest BCUT2D eigenvalue weighted by molar-refractivity contribution is 7.92. The maximum atomic E-state index is 13.0. The lowest BCUT2D eigenvalue weighted by Crippen LogP contribution is -2.48. The Morgan fingerprint density at radius 1 is 1.17 bits per heavy atom. The lowest BCUT2D eigenvalue weighted by Gasteiger charge is -2.33. The number of esters is 1. The van der Waals surface area contributed by atoms with E-state index in [0.29, 0.717) is 17.1 Å². The molecule has 1 heterocycles. The van der Waals surface area contributed by atoms with E-state index in [9.17, 15) is 18.0 Å². The largest absolute Gasteiger partial charge is 0.475 e. The molecule has 1 aliphatic rings. The van der Waals surface area contributed by atoms with Gasteiger partial charge in [0.1, 0.15) is 5.75 Å². The molecule has 0 unspecified atom stereocenters. The van der Waals surface area contributed by atoms with E-state index >= 15 is 0 Å². The van der Waals surface area contributed by atoms with Gasteiger partial charge in [-0.15, -0.1) is 0 Å². The number of amides is 1. The summed E-state index contributed by atoms with van der Waals surface area (Å²) in [4.78, 5) is 26.4. The molecular formula is C20H22N2O6S. The van der Waals surface area contributed by atoms with Gasteiger partial charge in [-0.3, -0.25) is 9.10 Å². The minimum atomic E-state index is -3.36. The summed E-state index contributed by atoms with van der Waals surface area (Å²) in [5.41, 5.74) is 1.82. The SMILES string of the molecule is COC(=O)[C@@H]1CN(C(=O)Cc2ccc(N(C)S(C)(=O)=O)cc2)c2ccccc2O1. The standard InChI is InChI=1S/C20H22N2O6S/c1-21(29(3,25)26)15-10-8-14(9-11-15)12-19(23)22-13-18(20(24)27-2)28-17-7-5-4-6-16(17)22/h4-11,18H,12-13H2,1-3H3/t18-/m0/s1. The van der Waals surface area contributed by atoms with Crippen LogP contribution in [0.15, 0.2) is 48.5 Å². The Morgan fingerprint density at radius 3 is 2.45 bits per heavy atom. The van der Waals surface area contributed by atoms with Gasteiger partial charge in [0.25, 0.3) is 0 Å². The van der Waals surface area contributed by atoms with E-state index in [1.807, 2.05) is 0 Å². The van der Waals surface area contributed by atoms with Gasteiger partial charge in [-0.25, -0.2) is 13.2 Å². The lowest BCUT2D eigenvalue weighted by molar-refractivity contribution is -0.148. The maximum absolute atomic E-state index is 13.0. The number of fused-ring (bicyclic) bond motifs is 1. The van der Waals surface area contributed by atoms with Crippen LogP contribution < -0.4 is 13.9 Å². The minimum Gasteiger partial charge on any atom is -0.475 e. The summed E-state index contributed by atoms with van der Waals surface area (Å²) in [5, 5.41) is 0. The third-order valence-corrected chi connectivity index (χ3v) is 5.90. The van der Waals surface area contributed by atoms with Crippen LogP contribution in [0.2, 0.25) is 0 Å². The number of hydrogen-bond acceptors (Lipinski definition) is 6. The summed E-state index contributed by atoms with van der Waals surface area (Å²) < 4.78 is 34.9. The Kier molecular flexibility index (Phi) is 5.78. The maximum Gasteiger partial charge on any atom is 0.348 e. The number of carbonyl (C=O) groups excluding carboxylic acids is 2. The Morgan fingerprint density at radius 2 is 1.83 bits per heavy atom. The topological polar surface area (TPSA) is 93.2 Å². The summed E-state index contributed by atoms with van der Waals surface area (Å²) in [5.74, 6) is -0.322. The van der Waals surface area contributed by atoms with Crippen LogP contribution in [0.25, 0.3) is 0 Å². The monoisotopic (exact) mass is 418 g/mol. The molecule has 154 valence electrons. The molecule has 0 aliphatic carbocycles. The van der Waals surface area contributed by atoms with Gasteiger partial charge in [0, 0.05) is 7.05 Å². The molecule has 0 bridgehead atoms. The molecule has 8 nitrogen and oxygen atoms in total. The average molecular weight is 418 g/mol. The normalized spacial score (nSPS) is 15.8. The number of carbonyl (C=O) groups is 2. The minimum absolute atomic E-state index is 0.0530. The van der Waals surface area contributed by atoms with Crippen LogP contribution in [-0.4, -0.2) is 53.4 Å². The molecule has 0 fully saturated rings. The number of sulfonamides is 1. The number of ether oxygens (including phenoxy) is 2. The smallest absolute Gasteiger partial charge is 0.348 e. The van der Waals surface area contributed by atoms with Crippen molar-refractivity contribution in [3.8, 4) is 5.75 Å². The number of benzene rings is 2. The number of hydrogen-bond donors (Lipinski definition) is 0. The van der Waals surface area contributed by atoms with E-state index < -0.39 is 22.1 Å². The summed E-state index contributed by atoms with van der Waals surface area (Å²) in [6.45, 7) is 0.0530. The van der Waals surface area contributed by atoms with Crippen molar-refractivity contribution < 1.29 is 27.5 Å². The van der Waals surface area contributed by atoms with Crippen molar-refractivity contribution in [1.29, 1.82) is 0 Å². The predicted octanol–water partition coefficient (Wildman–Crippen LogP) is 1.59. The van der Waals surface area contributed by atoms with Crippen LogP contribution in [0.5, 0.6) is 5.75 Å². The molecule has 0 N–H and O–H groups in total. The molecular weight excluding hydrogens is 396 g/mol. The molecule has 9 heteroatoms. The first-order chi connectivity index (χ1) is 13.7. The number of rotatable bonds is 5. The Bertz CT molecular complexity index is 1020. The van der Waals surface area contributed by atoms with Crippen LogP contribution in [0, 0.1) is 0 Å². The fourth-order valence-electron chi connectivity index (χ4n) is 3.01. The second kappa shape index (κ2) is 8.12.